The summed E-state index contributed by atoms with van der Waals surface area (Å²) in [7, 11) is 3.75. The molecule has 5 N–H and O–H groups in total. The van der Waals surface area contributed by atoms with E-state index in [4.69, 9.17) is 15.9 Å². The van der Waals surface area contributed by atoms with Crippen LogP contribution >= 0.6 is 0 Å². The van der Waals surface area contributed by atoms with E-state index in [1.54, 1.807) is 0 Å². The molecule has 0 aliphatic rings. The van der Waals surface area contributed by atoms with Gasteiger partial charge in [0.05, 0.1) is 6.61 Å². The fraction of sp³-hybridized carbons (Fsp3) is 0.800. The third-order valence-electron chi connectivity index (χ3n) is 0.514. The van der Waals surface area contributed by atoms with Crippen LogP contribution in [0.3, 0.4) is 0 Å². The maximum Gasteiger partial charge on any atom is 0.322 e. The van der Waals surface area contributed by atoms with Crippen LogP contribution in [0, 0.1) is 0 Å². The lowest BCUT2D eigenvalue weighted by Gasteiger charge is -1.96. The molecule has 0 aromatic rings. The van der Waals surface area contributed by atoms with Crippen molar-refractivity contribution in [1.29, 1.82) is 0 Å². The van der Waals surface area contributed by atoms with E-state index in [0.717, 1.165) is 0 Å². The zero-order valence-corrected chi connectivity index (χ0v) is 6.16. The highest BCUT2D eigenvalue weighted by Gasteiger charge is 2.06. The van der Waals surface area contributed by atoms with Crippen LogP contribution in [0.2, 0.25) is 0 Å². The van der Waals surface area contributed by atoms with Crippen LogP contribution in [0.25, 0.3) is 0 Å². The van der Waals surface area contributed by atoms with E-state index in [-0.39, 0.29) is 0 Å². The van der Waals surface area contributed by atoms with Crippen molar-refractivity contribution in [1.82, 2.24) is 5.32 Å². The highest BCUT2D eigenvalue weighted by molar-refractivity contribution is 5.73. The SMILES string of the molecule is CNC.N[C@@H](CO)C(=O)O. The van der Waals surface area contributed by atoms with Gasteiger partial charge in [0.1, 0.15) is 6.04 Å². The topological polar surface area (TPSA) is 95.6 Å². The minimum atomic E-state index is -1.18. The van der Waals surface area contributed by atoms with Crippen molar-refractivity contribution in [2.24, 2.45) is 5.73 Å². The van der Waals surface area contributed by atoms with Gasteiger partial charge >= 0.3 is 5.97 Å². The first-order valence-electron chi connectivity index (χ1n) is 2.77. The fourth-order valence-electron chi connectivity index (χ4n) is 0.0781. The van der Waals surface area contributed by atoms with Gasteiger partial charge in [0, 0.05) is 0 Å². The largest absolute Gasteiger partial charge is 0.480 e. The third-order valence-corrected chi connectivity index (χ3v) is 0.514. The number of hydrogen-bond acceptors (Lipinski definition) is 4. The van der Waals surface area contributed by atoms with Gasteiger partial charge in [-0.25, -0.2) is 0 Å². The van der Waals surface area contributed by atoms with E-state index in [1.165, 1.54) is 0 Å². The van der Waals surface area contributed by atoms with Crippen LogP contribution < -0.4 is 11.1 Å². The highest BCUT2D eigenvalue weighted by Crippen LogP contribution is 1.71. The van der Waals surface area contributed by atoms with Gasteiger partial charge in [-0.1, -0.05) is 0 Å². The van der Waals surface area contributed by atoms with Crippen LogP contribution in [0.1, 0.15) is 0 Å². The Morgan fingerprint density at radius 1 is 1.70 bits per heavy atom. The molecule has 0 aliphatic heterocycles. The van der Waals surface area contributed by atoms with Gasteiger partial charge in [0.25, 0.3) is 0 Å². The average molecular weight is 150 g/mol. The molecular formula is C5H14N2O3. The van der Waals surface area contributed by atoms with Gasteiger partial charge in [0.15, 0.2) is 0 Å². The smallest absolute Gasteiger partial charge is 0.322 e. The van der Waals surface area contributed by atoms with Crippen molar-refractivity contribution in [3.8, 4) is 0 Å². The van der Waals surface area contributed by atoms with E-state index in [2.05, 4.69) is 5.32 Å². The molecule has 0 unspecified atom stereocenters. The van der Waals surface area contributed by atoms with E-state index in [0.29, 0.717) is 0 Å². The maximum absolute atomic E-state index is 9.65. The van der Waals surface area contributed by atoms with Gasteiger partial charge in [-0.05, 0) is 14.1 Å². The van der Waals surface area contributed by atoms with Crippen molar-refractivity contribution < 1.29 is 15.0 Å². The molecule has 0 bridgehead atoms. The Labute approximate surface area is 59.8 Å². The quantitative estimate of drug-likeness (QED) is 0.373. The fourth-order valence-corrected chi connectivity index (χ4v) is 0.0781. The Morgan fingerprint density at radius 3 is 2.00 bits per heavy atom. The summed E-state index contributed by atoms with van der Waals surface area (Å²) in [5.74, 6) is -1.18. The zero-order chi connectivity index (χ0) is 8.57. The Balaban J connectivity index is 0. The minimum absolute atomic E-state index is 0.505. The lowest BCUT2D eigenvalue weighted by Crippen LogP contribution is -2.33. The van der Waals surface area contributed by atoms with Crippen molar-refractivity contribution in [3.63, 3.8) is 0 Å². The maximum atomic E-state index is 9.65. The number of hydrogen-bond donors (Lipinski definition) is 4. The Hall–Kier alpha value is -0.650. The molecule has 5 heteroatoms. The molecule has 0 fully saturated rings. The molecule has 1 atom stereocenters. The summed E-state index contributed by atoms with van der Waals surface area (Å²) >= 11 is 0. The number of nitrogens with one attached hydrogen (secondary N) is 1. The summed E-state index contributed by atoms with van der Waals surface area (Å²) in [6.07, 6.45) is 0. The Morgan fingerprint density at radius 2 is 2.00 bits per heavy atom. The van der Waals surface area contributed by atoms with E-state index < -0.39 is 18.6 Å². The molecule has 0 amide bonds. The Kier molecular flexibility index (Phi) is 10.1. The van der Waals surface area contributed by atoms with Crippen LogP contribution in [-0.2, 0) is 4.79 Å². The van der Waals surface area contributed by atoms with Crippen LogP contribution in [0.4, 0.5) is 0 Å². The molecule has 0 aromatic heterocycles. The third kappa shape index (κ3) is 10.4. The number of rotatable bonds is 2. The van der Waals surface area contributed by atoms with Crippen LogP contribution in [-0.4, -0.2) is 42.9 Å². The van der Waals surface area contributed by atoms with Crippen molar-refractivity contribution in [2.75, 3.05) is 20.7 Å². The molecule has 0 aromatic carbocycles. The van der Waals surface area contributed by atoms with E-state index in [1.807, 2.05) is 14.1 Å². The summed E-state index contributed by atoms with van der Waals surface area (Å²) in [6, 6.07) is -1.13. The molecule has 0 radical (unpaired) electrons. The summed E-state index contributed by atoms with van der Waals surface area (Å²) in [6.45, 7) is -0.505. The first-order valence-corrected chi connectivity index (χ1v) is 2.77. The van der Waals surface area contributed by atoms with Crippen LogP contribution in [0.5, 0.6) is 0 Å². The normalized spacial score (nSPS) is 11.2. The summed E-state index contributed by atoms with van der Waals surface area (Å²) < 4.78 is 0. The molecular weight excluding hydrogens is 136 g/mol. The molecule has 0 rings (SSSR count). The van der Waals surface area contributed by atoms with Gasteiger partial charge in [0.2, 0.25) is 0 Å². The lowest BCUT2D eigenvalue weighted by molar-refractivity contribution is -0.139. The average Bonchev–Trinajstić information content (AvgIpc) is 1.88. The standard InChI is InChI=1S/C3H7NO3.C2H7N/c4-2(1-5)3(6)7;1-3-2/h2,5H,1,4H2,(H,6,7);3H,1-2H3/t2-;/m0./s1. The zero-order valence-electron chi connectivity index (χ0n) is 6.16. The number of nitrogens with two attached hydrogens (primary N) is 1. The highest BCUT2D eigenvalue weighted by atomic mass is 16.4. The number of carboxylic acid groups (broad SMARTS) is 1. The lowest BCUT2D eigenvalue weighted by atomic mass is 10.3. The van der Waals surface area contributed by atoms with Crippen molar-refractivity contribution >= 4 is 5.97 Å². The molecule has 62 valence electrons. The van der Waals surface area contributed by atoms with Gasteiger partial charge in [-0.15, -0.1) is 0 Å². The van der Waals surface area contributed by atoms with Gasteiger partial charge in [-0.2, -0.15) is 0 Å². The van der Waals surface area contributed by atoms with E-state index >= 15 is 0 Å². The number of aliphatic carboxylic acids is 1. The van der Waals surface area contributed by atoms with E-state index in [9.17, 15) is 4.79 Å². The summed E-state index contributed by atoms with van der Waals surface area (Å²) in [5.41, 5.74) is 4.77. The molecule has 0 aliphatic carbocycles. The first kappa shape index (κ1) is 12.1. The summed E-state index contributed by atoms with van der Waals surface area (Å²) in [5, 5.41) is 18.6. The minimum Gasteiger partial charge on any atom is -0.480 e. The molecule has 0 saturated heterocycles. The second-order valence-corrected chi connectivity index (χ2v) is 1.63. The predicted octanol–water partition coefficient (Wildman–Crippen LogP) is -1.77. The first-order chi connectivity index (χ1) is 4.59. The molecule has 0 heterocycles. The number of carbonyl (C=O) groups is 1. The molecule has 0 spiro atoms. The number of aliphatic hydroxyl groups excluding tert-OH is 1. The Bertz CT molecular complexity index is 87.0. The molecule has 5 nitrogen and oxygen atoms in total. The second-order valence-electron chi connectivity index (χ2n) is 1.63. The van der Waals surface area contributed by atoms with Crippen molar-refractivity contribution in [3.05, 3.63) is 0 Å². The number of aliphatic hydroxyl groups is 1. The van der Waals surface area contributed by atoms with Gasteiger partial charge in [-0.3, -0.25) is 4.79 Å². The van der Waals surface area contributed by atoms with Crippen LogP contribution in [0.15, 0.2) is 0 Å². The number of carboxylic acids is 1. The molecule has 0 saturated carbocycles. The second kappa shape index (κ2) is 8.35. The van der Waals surface area contributed by atoms with Gasteiger partial charge < -0.3 is 21.3 Å². The summed E-state index contributed by atoms with van der Waals surface area (Å²) in [4.78, 5) is 9.65. The molecule has 10 heavy (non-hydrogen) atoms. The predicted molar refractivity (Wildman–Crippen MR) is 37.7 cm³/mol. The monoisotopic (exact) mass is 150 g/mol. The van der Waals surface area contributed by atoms with Crippen molar-refractivity contribution in [2.45, 2.75) is 6.04 Å².